The molecule has 6 heteroatoms. The van der Waals surface area contributed by atoms with Crippen LogP contribution in [-0.2, 0) is 0 Å². The molecule has 44 heavy (non-hydrogen) atoms. The van der Waals surface area contributed by atoms with Crippen molar-refractivity contribution in [3.8, 4) is 44.7 Å². The highest BCUT2D eigenvalue weighted by molar-refractivity contribution is 7.21. The van der Waals surface area contributed by atoms with E-state index < -0.39 is 0 Å². The first-order valence-electron chi connectivity index (χ1n) is 14.4. The second kappa shape index (κ2) is 9.93. The highest BCUT2D eigenvalue weighted by Gasteiger charge is 2.16. The maximum absolute atomic E-state index is 6.43. The summed E-state index contributed by atoms with van der Waals surface area (Å²) in [6.45, 7) is 0. The molecule has 0 spiro atoms. The molecule has 3 heterocycles. The third-order valence-electron chi connectivity index (χ3n) is 7.94. The number of thiazole rings is 1. The van der Waals surface area contributed by atoms with Gasteiger partial charge in [-0.25, -0.2) is 19.9 Å². The van der Waals surface area contributed by atoms with Crippen LogP contribution >= 0.6 is 11.3 Å². The zero-order valence-electron chi connectivity index (χ0n) is 23.3. The minimum absolute atomic E-state index is 0.600. The second-order valence-electron chi connectivity index (χ2n) is 10.7. The number of furan rings is 1. The molecule has 0 saturated heterocycles. The number of benzene rings is 6. The van der Waals surface area contributed by atoms with Gasteiger partial charge in [-0.2, -0.15) is 0 Å². The predicted molar refractivity (Wildman–Crippen MR) is 180 cm³/mol. The van der Waals surface area contributed by atoms with Gasteiger partial charge in [-0.3, -0.25) is 0 Å². The molecular weight excluding hydrogens is 561 g/mol. The van der Waals surface area contributed by atoms with E-state index in [0.29, 0.717) is 17.5 Å². The highest BCUT2D eigenvalue weighted by atomic mass is 32.1. The zero-order chi connectivity index (χ0) is 29.0. The van der Waals surface area contributed by atoms with Crippen LogP contribution in [0.1, 0.15) is 0 Å². The van der Waals surface area contributed by atoms with Crippen LogP contribution in [0.4, 0.5) is 0 Å². The monoisotopic (exact) mass is 582 g/mol. The van der Waals surface area contributed by atoms with Gasteiger partial charge in [0.25, 0.3) is 0 Å². The fourth-order valence-electron chi connectivity index (χ4n) is 5.72. The summed E-state index contributed by atoms with van der Waals surface area (Å²) >= 11 is 1.68. The van der Waals surface area contributed by atoms with Crippen LogP contribution < -0.4 is 0 Å². The van der Waals surface area contributed by atoms with E-state index in [2.05, 4.69) is 66.7 Å². The molecule has 0 N–H and O–H groups in total. The van der Waals surface area contributed by atoms with Crippen molar-refractivity contribution in [2.45, 2.75) is 0 Å². The summed E-state index contributed by atoms with van der Waals surface area (Å²) in [5.41, 5.74) is 6.46. The van der Waals surface area contributed by atoms with Crippen LogP contribution in [0.25, 0.3) is 87.7 Å². The number of hydrogen-bond acceptors (Lipinski definition) is 6. The molecule has 0 fully saturated rings. The van der Waals surface area contributed by atoms with Gasteiger partial charge in [-0.15, -0.1) is 11.3 Å². The summed E-state index contributed by atoms with van der Waals surface area (Å²) in [4.78, 5) is 19.6. The lowest BCUT2D eigenvalue weighted by Crippen LogP contribution is -2.00. The van der Waals surface area contributed by atoms with Crippen molar-refractivity contribution in [2.75, 3.05) is 0 Å². The molecule has 0 aliphatic rings. The van der Waals surface area contributed by atoms with Crippen molar-refractivity contribution in [1.82, 2.24) is 19.9 Å². The van der Waals surface area contributed by atoms with Crippen LogP contribution in [0.15, 0.2) is 138 Å². The molecule has 5 nitrogen and oxygen atoms in total. The quantitative estimate of drug-likeness (QED) is 0.207. The van der Waals surface area contributed by atoms with E-state index >= 15 is 0 Å². The Hall–Kier alpha value is -5.72. The van der Waals surface area contributed by atoms with Crippen molar-refractivity contribution in [2.24, 2.45) is 0 Å². The Balaban J connectivity index is 1.14. The molecular formula is C38H22N4OS. The first kappa shape index (κ1) is 24.8. The number of rotatable bonds is 4. The zero-order valence-corrected chi connectivity index (χ0v) is 24.1. The molecule has 9 aromatic rings. The molecule has 0 bridgehead atoms. The molecule has 0 unspecified atom stereocenters. The first-order chi connectivity index (χ1) is 21.7. The van der Waals surface area contributed by atoms with E-state index in [1.54, 1.807) is 11.3 Å². The fraction of sp³-hybridized carbons (Fsp3) is 0. The summed E-state index contributed by atoms with van der Waals surface area (Å²) in [6, 6.07) is 45.4. The Labute approximate surface area is 256 Å². The smallest absolute Gasteiger partial charge is 0.164 e. The molecule has 0 aliphatic carbocycles. The van der Waals surface area contributed by atoms with Gasteiger partial charge >= 0.3 is 0 Å². The Morgan fingerprint density at radius 2 is 1.05 bits per heavy atom. The van der Waals surface area contributed by atoms with Crippen molar-refractivity contribution >= 4 is 54.3 Å². The van der Waals surface area contributed by atoms with Crippen molar-refractivity contribution < 1.29 is 4.42 Å². The average Bonchev–Trinajstić information content (AvgIpc) is 3.67. The molecule has 0 amide bonds. The van der Waals surface area contributed by atoms with Crippen LogP contribution in [0.2, 0.25) is 0 Å². The van der Waals surface area contributed by atoms with Crippen molar-refractivity contribution in [3.63, 3.8) is 0 Å². The van der Waals surface area contributed by atoms with E-state index in [1.165, 1.54) is 10.8 Å². The lowest BCUT2D eigenvalue weighted by molar-refractivity contribution is 0.669. The summed E-state index contributed by atoms with van der Waals surface area (Å²) in [6.07, 6.45) is 0. The minimum Gasteiger partial charge on any atom is -0.456 e. The molecule has 0 atom stereocenters. The largest absolute Gasteiger partial charge is 0.456 e. The van der Waals surface area contributed by atoms with Crippen LogP contribution in [-0.4, -0.2) is 19.9 Å². The second-order valence-corrected chi connectivity index (χ2v) is 11.8. The van der Waals surface area contributed by atoms with E-state index in [9.17, 15) is 0 Å². The van der Waals surface area contributed by atoms with Crippen LogP contribution in [0.5, 0.6) is 0 Å². The van der Waals surface area contributed by atoms with E-state index in [0.717, 1.165) is 59.4 Å². The molecule has 0 radical (unpaired) electrons. The maximum Gasteiger partial charge on any atom is 0.164 e. The number of nitrogens with zero attached hydrogens (tertiary/aromatic N) is 4. The Morgan fingerprint density at radius 3 is 1.77 bits per heavy atom. The predicted octanol–water partition coefficient (Wildman–Crippen LogP) is 10.2. The number of hydrogen-bond donors (Lipinski definition) is 0. The lowest BCUT2D eigenvalue weighted by atomic mass is 10.1. The van der Waals surface area contributed by atoms with Gasteiger partial charge in [-0.05, 0) is 35.0 Å². The molecule has 206 valence electrons. The SMILES string of the molecule is c1ccc(-c2nc(-c3ccccc3)nc(-c3ccc4c(c3)oc3cc5sc(-c6ccc7ccccc7c6)nc5cc34)n2)cc1. The third kappa shape index (κ3) is 4.23. The highest BCUT2D eigenvalue weighted by Crippen LogP contribution is 2.38. The molecule has 0 saturated carbocycles. The number of aromatic nitrogens is 4. The molecule has 9 rings (SSSR count). The molecule has 0 aliphatic heterocycles. The van der Waals surface area contributed by atoms with Gasteiger partial charge in [0, 0.05) is 39.1 Å². The van der Waals surface area contributed by atoms with E-state index in [-0.39, 0.29) is 0 Å². The normalized spacial score (nSPS) is 11.6. The summed E-state index contributed by atoms with van der Waals surface area (Å²) in [5, 5.41) is 5.52. The van der Waals surface area contributed by atoms with E-state index in [1.807, 2.05) is 66.7 Å². The molecule has 6 aromatic carbocycles. The van der Waals surface area contributed by atoms with Crippen LogP contribution in [0.3, 0.4) is 0 Å². The van der Waals surface area contributed by atoms with Gasteiger partial charge in [-0.1, -0.05) is 103 Å². The third-order valence-corrected chi connectivity index (χ3v) is 9.00. The van der Waals surface area contributed by atoms with Crippen molar-refractivity contribution in [3.05, 3.63) is 133 Å². The first-order valence-corrected chi connectivity index (χ1v) is 15.2. The van der Waals surface area contributed by atoms with Gasteiger partial charge in [0.1, 0.15) is 16.2 Å². The Bertz CT molecular complexity index is 2440. The number of fused-ring (bicyclic) bond motifs is 5. The van der Waals surface area contributed by atoms with Crippen LogP contribution in [0, 0.1) is 0 Å². The minimum atomic E-state index is 0.600. The standard InChI is InChI=1S/C38H22N4OS/c1-3-10-24(11-4-1)35-40-36(25-12-5-2-6-13-25)42-37(41-35)27-17-18-29-30-21-31-34(22-33(30)43-32(29)20-27)44-38(39-31)28-16-15-23-9-7-8-14-26(23)19-28/h1-22H. The maximum atomic E-state index is 6.43. The Kier molecular flexibility index (Phi) is 5.61. The topological polar surface area (TPSA) is 64.7 Å². The van der Waals surface area contributed by atoms with Crippen molar-refractivity contribution in [1.29, 1.82) is 0 Å². The van der Waals surface area contributed by atoms with Gasteiger partial charge < -0.3 is 4.42 Å². The van der Waals surface area contributed by atoms with Gasteiger partial charge in [0.15, 0.2) is 17.5 Å². The fourth-order valence-corrected chi connectivity index (χ4v) is 6.69. The van der Waals surface area contributed by atoms with Gasteiger partial charge in [0.05, 0.1) is 10.2 Å². The summed E-state index contributed by atoms with van der Waals surface area (Å²) in [5.74, 6) is 1.86. The van der Waals surface area contributed by atoms with E-state index in [4.69, 9.17) is 24.4 Å². The summed E-state index contributed by atoms with van der Waals surface area (Å²) in [7, 11) is 0. The van der Waals surface area contributed by atoms with Gasteiger partial charge in [0.2, 0.25) is 0 Å². The Morgan fingerprint density at radius 1 is 0.432 bits per heavy atom. The molecule has 3 aromatic heterocycles. The lowest BCUT2D eigenvalue weighted by Gasteiger charge is -2.08. The summed E-state index contributed by atoms with van der Waals surface area (Å²) < 4.78 is 7.53. The average molecular weight is 583 g/mol.